The number of hydrogen-bond acceptors (Lipinski definition) is 6. The Labute approximate surface area is 182 Å². The first-order valence-corrected chi connectivity index (χ1v) is 13.5. The molecule has 0 bridgehead atoms. The fourth-order valence-electron chi connectivity index (χ4n) is 3.07. The summed E-state index contributed by atoms with van der Waals surface area (Å²) in [6, 6.07) is -0.871. The molecule has 0 aromatic carbocycles. The molecule has 30 heavy (non-hydrogen) atoms. The van der Waals surface area contributed by atoms with E-state index in [2.05, 4.69) is 33.9 Å². The Hall–Kier alpha value is -1.41. The van der Waals surface area contributed by atoms with E-state index in [0.29, 0.717) is 0 Å². The van der Waals surface area contributed by atoms with Gasteiger partial charge in [0.05, 0.1) is 12.0 Å². The summed E-state index contributed by atoms with van der Waals surface area (Å²) in [5.41, 5.74) is -1.38. The van der Waals surface area contributed by atoms with E-state index >= 15 is 0 Å². The van der Waals surface area contributed by atoms with Gasteiger partial charge in [0.2, 0.25) is 5.91 Å². The minimum atomic E-state index is -2.15. The third-order valence-corrected chi connectivity index (χ3v) is 9.98. The highest BCUT2D eigenvalue weighted by Gasteiger charge is 2.57. The molecule has 0 spiro atoms. The molecule has 0 saturated carbocycles. The minimum absolute atomic E-state index is 0.0360. The number of amides is 1. The van der Waals surface area contributed by atoms with Crippen molar-refractivity contribution in [2.75, 3.05) is 6.54 Å². The predicted octanol–water partition coefficient (Wildman–Crippen LogP) is 3.91. The second kappa shape index (κ2) is 8.61. The SMILES string of the molecule is CC(O[Si](C)(C)C(C)(C)C)[C@@H]1C(=O)N(CC(=O)OC(C)(C)C)[C@H]1C(=O)OC(C)(C)C. The van der Waals surface area contributed by atoms with Crippen LogP contribution in [0.4, 0.5) is 0 Å². The van der Waals surface area contributed by atoms with Crippen LogP contribution in [0, 0.1) is 5.92 Å². The number of likely N-dealkylation sites (tertiary alicyclic amines) is 1. The number of carbonyl (C=O) groups is 3. The highest BCUT2D eigenvalue weighted by molar-refractivity contribution is 6.74. The Kier molecular flexibility index (Phi) is 7.64. The lowest BCUT2D eigenvalue weighted by atomic mass is 9.83. The fraction of sp³-hybridized carbons (Fsp3) is 0.864. The molecular weight excluding hydrogens is 402 g/mol. The molecule has 1 rings (SSSR count). The Bertz CT molecular complexity index is 669. The van der Waals surface area contributed by atoms with Gasteiger partial charge in [-0.25, -0.2) is 4.79 Å². The third-order valence-electron chi connectivity index (χ3n) is 5.40. The molecule has 0 aromatic rings. The number of rotatable bonds is 6. The fourth-order valence-corrected chi connectivity index (χ4v) is 4.50. The number of nitrogens with zero attached hydrogens (tertiary/aromatic N) is 1. The van der Waals surface area contributed by atoms with E-state index in [0.717, 1.165) is 0 Å². The third kappa shape index (κ3) is 6.80. The predicted molar refractivity (Wildman–Crippen MR) is 118 cm³/mol. The molecule has 1 amide bonds. The molecular formula is C22H41NO6Si. The Morgan fingerprint density at radius 3 is 1.83 bits per heavy atom. The van der Waals surface area contributed by atoms with Gasteiger partial charge in [-0.3, -0.25) is 9.59 Å². The number of hydrogen-bond donors (Lipinski definition) is 0. The summed E-state index contributed by atoms with van der Waals surface area (Å²) in [5.74, 6) is -2.05. The van der Waals surface area contributed by atoms with Gasteiger partial charge in [-0.05, 0) is 66.6 Å². The van der Waals surface area contributed by atoms with Gasteiger partial charge in [0, 0.05) is 0 Å². The Balaban J connectivity index is 3.09. The van der Waals surface area contributed by atoms with E-state index in [1.807, 2.05) is 6.92 Å². The lowest BCUT2D eigenvalue weighted by molar-refractivity contribution is -0.190. The van der Waals surface area contributed by atoms with Crippen molar-refractivity contribution in [3.05, 3.63) is 0 Å². The van der Waals surface area contributed by atoms with Crippen molar-refractivity contribution in [1.82, 2.24) is 4.90 Å². The molecule has 3 atom stereocenters. The van der Waals surface area contributed by atoms with Crippen LogP contribution in [0.2, 0.25) is 18.1 Å². The van der Waals surface area contributed by atoms with Crippen LogP contribution in [0.15, 0.2) is 0 Å². The maximum absolute atomic E-state index is 13.0. The molecule has 1 unspecified atom stereocenters. The van der Waals surface area contributed by atoms with Crippen molar-refractivity contribution in [2.45, 2.75) is 111 Å². The molecule has 0 N–H and O–H groups in total. The van der Waals surface area contributed by atoms with Crippen LogP contribution in [0.3, 0.4) is 0 Å². The Morgan fingerprint density at radius 1 is 0.967 bits per heavy atom. The largest absolute Gasteiger partial charge is 0.459 e. The highest BCUT2D eigenvalue weighted by atomic mass is 28.4. The molecule has 8 heteroatoms. The van der Waals surface area contributed by atoms with Crippen molar-refractivity contribution in [3.63, 3.8) is 0 Å². The van der Waals surface area contributed by atoms with Crippen LogP contribution in [-0.2, 0) is 28.3 Å². The maximum atomic E-state index is 13.0. The van der Waals surface area contributed by atoms with Crippen molar-refractivity contribution in [3.8, 4) is 0 Å². The number of esters is 2. The van der Waals surface area contributed by atoms with Gasteiger partial charge in [-0.2, -0.15) is 0 Å². The van der Waals surface area contributed by atoms with Gasteiger partial charge in [0.25, 0.3) is 0 Å². The van der Waals surface area contributed by atoms with E-state index in [4.69, 9.17) is 13.9 Å². The zero-order valence-electron chi connectivity index (χ0n) is 20.8. The van der Waals surface area contributed by atoms with Crippen molar-refractivity contribution in [2.24, 2.45) is 5.92 Å². The van der Waals surface area contributed by atoms with E-state index in [-0.39, 0.29) is 17.5 Å². The topological polar surface area (TPSA) is 82.1 Å². The van der Waals surface area contributed by atoms with Crippen LogP contribution in [0.5, 0.6) is 0 Å². The minimum Gasteiger partial charge on any atom is -0.459 e. The second-order valence-electron chi connectivity index (χ2n) is 11.6. The standard InChI is InChI=1S/C22H41NO6Si/c1-14(29-30(11,12)22(8,9)10)16-17(19(26)28-21(5,6)7)23(18(16)25)13-15(24)27-20(2,3)4/h14,16-17H,13H2,1-12H3/t14?,16-,17+/m0/s1. The highest BCUT2D eigenvalue weighted by Crippen LogP contribution is 2.40. The first-order valence-electron chi connectivity index (χ1n) is 10.6. The van der Waals surface area contributed by atoms with Gasteiger partial charge in [-0.1, -0.05) is 20.8 Å². The zero-order valence-corrected chi connectivity index (χ0v) is 21.8. The molecule has 1 fully saturated rings. The van der Waals surface area contributed by atoms with Crippen LogP contribution < -0.4 is 0 Å². The monoisotopic (exact) mass is 443 g/mol. The van der Waals surface area contributed by atoms with Crippen LogP contribution in [-0.4, -0.2) is 61.0 Å². The summed E-state index contributed by atoms with van der Waals surface area (Å²) >= 11 is 0. The molecule has 1 aliphatic heterocycles. The summed E-state index contributed by atoms with van der Waals surface area (Å²) in [6.07, 6.45) is -0.467. The summed E-state index contributed by atoms with van der Waals surface area (Å²) in [6.45, 7) is 22.7. The molecule has 0 aromatic heterocycles. The van der Waals surface area contributed by atoms with E-state index in [1.54, 1.807) is 41.5 Å². The maximum Gasteiger partial charge on any atom is 0.330 e. The Morgan fingerprint density at radius 2 is 1.43 bits per heavy atom. The van der Waals surface area contributed by atoms with Gasteiger partial charge < -0.3 is 18.8 Å². The van der Waals surface area contributed by atoms with Gasteiger partial charge in [0.15, 0.2) is 8.32 Å². The van der Waals surface area contributed by atoms with Crippen molar-refractivity contribution < 1.29 is 28.3 Å². The lowest BCUT2D eigenvalue weighted by Gasteiger charge is -2.50. The normalized spacial score (nSPS) is 21.7. The van der Waals surface area contributed by atoms with Gasteiger partial charge in [-0.15, -0.1) is 0 Å². The molecule has 1 saturated heterocycles. The first kappa shape index (κ1) is 26.6. The summed E-state index contributed by atoms with van der Waals surface area (Å²) in [4.78, 5) is 39.4. The molecule has 1 aliphatic rings. The quantitative estimate of drug-likeness (QED) is 0.352. The van der Waals surface area contributed by atoms with Gasteiger partial charge in [0.1, 0.15) is 23.8 Å². The molecule has 0 aliphatic carbocycles. The zero-order chi connectivity index (χ0) is 23.9. The molecule has 174 valence electrons. The summed E-state index contributed by atoms with van der Waals surface area (Å²) in [5, 5.41) is -0.0360. The second-order valence-corrected chi connectivity index (χ2v) is 16.4. The van der Waals surface area contributed by atoms with Crippen LogP contribution >= 0.6 is 0 Å². The van der Waals surface area contributed by atoms with E-state index in [9.17, 15) is 14.4 Å². The molecule has 1 heterocycles. The van der Waals surface area contributed by atoms with Gasteiger partial charge >= 0.3 is 11.9 Å². The first-order chi connectivity index (χ1) is 13.2. The van der Waals surface area contributed by atoms with Crippen LogP contribution in [0.25, 0.3) is 0 Å². The van der Waals surface area contributed by atoms with Crippen molar-refractivity contribution in [1.29, 1.82) is 0 Å². The van der Waals surface area contributed by atoms with E-state index < -0.39 is 49.5 Å². The lowest BCUT2D eigenvalue weighted by Crippen LogP contribution is -2.70. The number of carbonyl (C=O) groups excluding carboxylic acids is 3. The summed E-state index contributed by atoms with van der Waals surface area (Å²) in [7, 11) is -2.15. The number of ether oxygens (including phenoxy) is 2. The van der Waals surface area contributed by atoms with Crippen LogP contribution in [0.1, 0.15) is 69.2 Å². The molecule has 7 nitrogen and oxygen atoms in total. The molecule has 0 radical (unpaired) electrons. The van der Waals surface area contributed by atoms with E-state index in [1.165, 1.54) is 4.90 Å². The number of β-lactam (4-membered cyclic amide) rings is 1. The van der Waals surface area contributed by atoms with Crippen molar-refractivity contribution >= 4 is 26.2 Å². The summed E-state index contributed by atoms with van der Waals surface area (Å²) < 4.78 is 17.3. The smallest absolute Gasteiger partial charge is 0.330 e. The average molecular weight is 444 g/mol. The average Bonchev–Trinajstić information content (AvgIpc) is 2.44.